The number of hydrogen-bond donors (Lipinski definition) is 1. The molecule has 1 saturated heterocycles. The second-order valence-corrected chi connectivity index (χ2v) is 12.5. The predicted molar refractivity (Wildman–Crippen MR) is 170 cm³/mol. The van der Waals surface area contributed by atoms with E-state index in [1.54, 1.807) is 81.4 Å². The highest BCUT2D eigenvalue weighted by atomic mass is 35.5. The maximum Gasteiger partial charge on any atom is 0.420 e. The van der Waals surface area contributed by atoms with E-state index in [2.05, 4.69) is 4.98 Å². The van der Waals surface area contributed by atoms with Crippen molar-refractivity contribution in [3.8, 4) is 28.3 Å². The van der Waals surface area contributed by atoms with Crippen molar-refractivity contribution < 1.29 is 32.2 Å². The van der Waals surface area contributed by atoms with Crippen LogP contribution < -0.4 is 9.64 Å². The maximum atomic E-state index is 14.5. The number of alkyl halides is 3. The molecule has 3 heterocycles. The van der Waals surface area contributed by atoms with Crippen LogP contribution in [-0.2, 0) is 15.7 Å². The fourth-order valence-electron chi connectivity index (χ4n) is 5.67. The Morgan fingerprint density at radius 1 is 0.957 bits per heavy atom. The summed E-state index contributed by atoms with van der Waals surface area (Å²) < 4.78 is 56.4. The Labute approximate surface area is 268 Å². The molecule has 0 radical (unpaired) electrons. The van der Waals surface area contributed by atoms with Gasteiger partial charge in [0.05, 0.1) is 11.4 Å². The van der Waals surface area contributed by atoms with Gasteiger partial charge in [-0.1, -0.05) is 78.7 Å². The summed E-state index contributed by atoms with van der Waals surface area (Å²) in [6.07, 6.45) is -4.62. The molecule has 46 heavy (non-hydrogen) atoms. The Bertz CT molecular complexity index is 1970. The van der Waals surface area contributed by atoms with Crippen LogP contribution >= 0.6 is 11.6 Å². The number of rotatable bonds is 7. The van der Waals surface area contributed by atoms with E-state index in [0.717, 1.165) is 5.56 Å². The molecule has 1 aliphatic rings. The summed E-state index contributed by atoms with van der Waals surface area (Å²) in [5.74, 6) is -0.881. The number of anilines is 1. The summed E-state index contributed by atoms with van der Waals surface area (Å²) in [6, 6.07) is 23.2. The molecule has 1 amide bonds. The van der Waals surface area contributed by atoms with Crippen molar-refractivity contribution in [1.29, 1.82) is 0 Å². The summed E-state index contributed by atoms with van der Waals surface area (Å²) in [6.45, 7) is 8.51. The number of halogens is 4. The number of esters is 1. The van der Waals surface area contributed by atoms with Gasteiger partial charge in [-0.15, -0.1) is 0 Å². The van der Waals surface area contributed by atoms with Crippen molar-refractivity contribution in [2.24, 2.45) is 0 Å². The number of nitrogens with one attached hydrogen (secondary N) is 1. The largest absolute Gasteiger partial charge is 0.458 e. The van der Waals surface area contributed by atoms with Crippen molar-refractivity contribution in [3.63, 3.8) is 0 Å². The third-order valence-corrected chi connectivity index (χ3v) is 8.14. The van der Waals surface area contributed by atoms with Crippen LogP contribution in [0.3, 0.4) is 0 Å². The monoisotopic (exact) mass is 649 g/mol. The number of hydrogen-bond acceptors (Lipinski definition) is 4. The molecule has 1 fully saturated rings. The molecule has 0 aliphatic carbocycles. The number of ether oxygens (including phenoxy) is 2. The van der Waals surface area contributed by atoms with E-state index in [4.69, 9.17) is 21.1 Å². The second-order valence-electron chi connectivity index (χ2n) is 12.2. The molecular weight excluding hydrogens is 619 g/mol. The highest BCUT2D eigenvalue weighted by Crippen LogP contribution is 2.48. The quantitative estimate of drug-likeness (QED) is 0.141. The number of H-pyrrole nitrogens is 1. The molecule has 7 nitrogen and oxygen atoms in total. The van der Waals surface area contributed by atoms with Crippen LogP contribution in [0.5, 0.6) is 5.75 Å². The minimum absolute atomic E-state index is 0.167. The third-order valence-electron chi connectivity index (χ3n) is 7.78. The Hall–Kier alpha value is -4.70. The van der Waals surface area contributed by atoms with E-state index >= 15 is 0 Å². The molecule has 6 rings (SSSR count). The van der Waals surface area contributed by atoms with Gasteiger partial charge in [-0.3, -0.25) is 14.1 Å². The Morgan fingerprint density at radius 2 is 1.61 bits per heavy atom. The predicted octanol–water partition coefficient (Wildman–Crippen LogP) is 9.07. The van der Waals surface area contributed by atoms with Crippen LogP contribution in [0.4, 0.5) is 18.9 Å². The SMILES string of the molecule is CCC1(Oc2ccc(C)cc2)C(=O)N1c1cccc(-c2c(-c3ccccc3)[nH]c3c(C(=O)OC(C)(C)C)c(C(F)(F)F)c(Cl)n23)c1. The fraction of sp³-hybridized carbons (Fsp3) is 0.257. The molecule has 1 unspecified atom stereocenters. The zero-order chi connectivity index (χ0) is 33.2. The molecule has 1 atom stereocenters. The van der Waals surface area contributed by atoms with Crippen LogP contribution in [0.25, 0.3) is 28.2 Å². The first-order valence-electron chi connectivity index (χ1n) is 14.7. The lowest BCUT2D eigenvalue weighted by Gasteiger charge is -2.20. The second kappa shape index (κ2) is 11.0. The summed E-state index contributed by atoms with van der Waals surface area (Å²) >= 11 is 6.56. The fourth-order valence-corrected chi connectivity index (χ4v) is 6.04. The number of nitrogens with zero attached hydrogens (tertiary/aromatic N) is 2. The first-order valence-corrected chi connectivity index (χ1v) is 15.1. The van der Waals surface area contributed by atoms with Gasteiger partial charge in [0.1, 0.15) is 33.3 Å². The molecule has 238 valence electrons. The van der Waals surface area contributed by atoms with E-state index in [9.17, 15) is 22.8 Å². The molecule has 0 spiro atoms. The molecular formula is C35H31ClF3N3O4. The van der Waals surface area contributed by atoms with Crippen molar-refractivity contribution in [1.82, 2.24) is 9.38 Å². The average Bonchev–Trinajstić information content (AvgIpc) is 3.24. The van der Waals surface area contributed by atoms with E-state index in [1.165, 1.54) is 9.30 Å². The van der Waals surface area contributed by atoms with Gasteiger partial charge in [-0.25, -0.2) is 4.79 Å². The number of imidazole rings is 1. The van der Waals surface area contributed by atoms with Gasteiger partial charge in [-0.2, -0.15) is 13.2 Å². The smallest absolute Gasteiger partial charge is 0.420 e. The van der Waals surface area contributed by atoms with Crippen LogP contribution in [0.1, 0.15) is 55.6 Å². The van der Waals surface area contributed by atoms with Gasteiger partial charge in [0.15, 0.2) is 0 Å². The lowest BCUT2D eigenvalue weighted by molar-refractivity contribution is -0.138. The minimum atomic E-state index is -4.97. The van der Waals surface area contributed by atoms with E-state index < -0.39 is 39.8 Å². The molecule has 1 N–H and O–H groups in total. The topological polar surface area (TPSA) is 75.8 Å². The van der Waals surface area contributed by atoms with Gasteiger partial charge in [0.2, 0.25) is 0 Å². The van der Waals surface area contributed by atoms with E-state index in [-0.39, 0.29) is 17.2 Å². The summed E-state index contributed by atoms with van der Waals surface area (Å²) in [5.41, 5.74) is -1.18. The van der Waals surface area contributed by atoms with Gasteiger partial charge in [0.25, 0.3) is 11.6 Å². The zero-order valence-corrected chi connectivity index (χ0v) is 26.5. The Balaban J connectivity index is 1.54. The molecule has 1 aliphatic heterocycles. The van der Waals surface area contributed by atoms with Crippen molar-refractivity contribution in [2.45, 2.75) is 58.5 Å². The number of aromatic amines is 1. The number of amides is 1. The van der Waals surface area contributed by atoms with Gasteiger partial charge >= 0.3 is 12.1 Å². The van der Waals surface area contributed by atoms with Crippen molar-refractivity contribution in [3.05, 3.63) is 101 Å². The molecule has 11 heteroatoms. The highest BCUT2D eigenvalue weighted by molar-refractivity contribution is 6.32. The standard InChI is InChI=1S/C35H31ClF3N3O4/c1-6-34(45-24-17-15-20(2)16-18-24)32(44)42(34)23-14-10-13-22(19-23)28-27(21-11-8-7-9-12-21)40-30-25(31(43)46-33(3,4)5)26(35(37,38)39)29(36)41(28)30/h7-19,40H,6H2,1-5H3. The van der Waals surface area contributed by atoms with E-state index in [0.29, 0.717) is 34.7 Å². The molecule has 3 aromatic carbocycles. The van der Waals surface area contributed by atoms with Crippen LogP contribution in [-0.4, -0.2) is 32.6 Å². The summed E-state index contributed by atoms with van der Waals surface area (Å²) in [5, 5.41) is -0.699. The average molecular weight is 650 g/mol. The zero-order valence-electron chi connectivity index (χ0n) is 25.8. The lowest BCUT2D eigenvalue weighted by Crippen LogP contribution is -2.25. The van der Waals surface area contributed by atoms with Crippen LogP contribution in [0, 0.1) is 6.92 Å². The summed E-state index contributed by atoms with van der Waals surface area (Å²) in [7, 11) is 0. The van der Waals surface area contributed by atoms with Gasteiger partial charge in [-0.05, 0) is 52.0 Å². The van der Waals surface area contributed by atoms with Crippen molar-refractivity contribution >= 4 is 34.8 Å². The van der Waals surface area contributed by atoms with Gasteiger partial charge in [0, 0.05) is 23.2 Å². The summed E-state index contributed by atoms with van der Waals surface area (Å²) in [4.78, 5) is 31.3. The Morgan fingerprint density at radius 3 is 2.22 bits per heavy atom. The minimum Gasteiger partial charge on any atom is -0.458 e. The van der Waals surface area contributed by atoms with Gasteiger partial charge < -0.3 is 14.5 Å². The van der Waals surface area contributed by atoms with Crippen LogP contribution in [0.15, 0.2) is 78.9 Å². The molecule has 0 saturated carbocycles. The highest BCUT2D eigenvalue weighted by Gasteiger charge is 2.65. The first kappa shape index (κ1) is 31.3. The normalized spacial score (nSPS) is 16.6. The first-order chi connectivity index (χ1) is 21.7. The number of carbonyl (C=O) groups excluding carboxylic acids is 2. The number of carbonyl (C=O) groups is 2. The number of fused-ring (bicyclic) bond motifs is 1. The number of benzene rings is 3. The number of aromatic nitrogens is 2. The third kappa shape index (κ3) is 5.30. The molecule has 5 aromatic rings. The number of aryl methyl sites for hydroxylation is 1. The van der Waals surface area contributed by atoms with E-state index in [1.807, 2.05) is 32.0 Å². The molecule has 2 aromatic heterocycles. The van der Waals surface area contributed by atoms with Crippen LogP contribution in [0.2, 0.25) is 5.15 Å². The van der Waals surface area contributed by atoms with Crippen molar-refractivity contribution in [2.75, 3.05) is 4.90 Å². The lowest BCUT2D eigenvalue weighted by atomic mass is 10.0. The Kier molecular flexibility index (Phi) is 7.47. The maximum absolute atomic E-state index is 14.5. The molecule has 0 bridgehead atoms.